The molecule has 0 bridgehead atoms. The van der Waals surface area contributed by atoms with Crippen LogP contribution in [-0.2, 0) is 0 Å². The predicted molar refractivity (Wildman–Crippen MR) is 41.3 cm³/mol. The molecule has 0 unspecified atom stereocenters. The summed E-state index contributed by atoms with van der Waals surface area (Å²) in [6, 6.07) is 1.86. The van der Waals surface area contributed by atoms with Crippen LogP contribution in [0.25, 0.3) is 6.08 Å². The zero-order chi connectivity index (χ0) is 8.27. The smallest absolute Gasteiger partial charge is 0.153 e. The maximum atomic E-state index is 8.45. The van der Waals surface area contributed by atoms with Gasteiger partial charge in [-0.3, -0.25) is 0 Å². The largest absolute Gasteiger partial charge is 0.382 e. The number of aromatic nitrogens is 2. The highest BCUT2D eigenvalue weighted by atomic mass is 14.9. The van der Waals surface area contributed by atoms with Gasteiger partial charge in [-0.15, -0.1) is 0 Å². The van der Waals surface area contributed by atoms with E-state index in [4.69, 9.17) is 11.0 Å². The first kappa shape index (κ1) is 7.22. The number of anilines is 1. The number of nitrogen functional groups attached to an aromatic ring is 1. The van der Waals surface area contributed by atoms with E-state index >= 15 is 0 Å². The molecule has 4 heteroatoms. The summed E-state index contributed by atoms with van der Waals surface area (Å²) in [4.78, 5) is 7.59. The van der Waals surface area contributed by atoms with E-state index in [-0.39, 0.29) is 11.4 Å². The van der Waals surface area contributed by atoms with Gasteiger partial charge in [0.15, 0.2) is 5.82 Å². The maximum Gasteiger partial charge on any atom is 0.153 e. The van der Waals surface area contributed by atoms with Gasteiger partial charge >= 0.3 is 0 Å². The van der Waals surface area contributed by atoms with Crippen LogP contribution < -0.4 is 5.73 Å². The van der Waals surface area contributed by atoms with Gasteiger partial charge < -0.3 is 5.73 Å². The van der Waals surface area contributed by atoms with Gasteiger partial charge in [-0.25, -0.2) is 9.97 Å². The van der Waals surface area contributed by atoms with E-state index in [0.29, 0.717) is 5.82 Å². The summed E-state index contributed by atoms with van der Waals surface area (Å²) in [5, 5.41) is 8.45. The Balaban J connectivity index is 3.22. The van der Waals surface area contributed by atoms with E-state index < -0.39 is 0 Å². The SMILES string of the molecule is C=Cc1ncc(C#N)c(N)n1. The molecule has 1 aromatic rings. The maximum absolute atomic E-state index is 8.45. The zero-order valence-electron chi connectivity index (χ0n) is 5.78. The highest BCUT2D eigenvalue weighted by Gasteiger charge is 1.99. The highest BCUT2D eigenvalue weighted by Crippen LogP contribution is 2.05. The van der Waals surface area contributed by atoms with Crippen LogP contribution in [0.15, 0.2) is 12.8 Å². The first-order chi connectivity index (χ1) is 5.27. The van der Waals surface area contributed by atoms with Crippen LogP contribution in [0.4, 0.5) is 5.82 Å². The van der Waals surface area contributed by atoms with Gasteiger partial charge in [-0.05, 0) is 6.08 Å². The Morgan fingerprint density at radius 1 is 1.73 bits per heavy atom. The van der Waals surface area contributed by atoms with Crippen molar-refractivity contribution in [2.45, 2.75) is 0 Å². The predicted octanol–water partition coefficient (Wildman–Crippen LogP) is 0.573. The Labute approximate surface area is 64.0 Å². The van der Waals surface area contributed by atoms with E-state index in [0.717, 1.165) is 0 Å². The van der Waals surface area contributed by atoms with Crippen LogP contribution in [0, 0.1) is 11.3 Å². The van der Waals surface area contributed by atoms with Crippen molar-refractivity contribution in [1.29, 1.82) is 5.26 Å². The summed E-state index contributed by atoms with van der Waals surface area (Å²) in [6.07, 6.45) is 2.84. The molecule has 0 aliphatic carbocycles. The topological polar surface area (TPSA) is 75.6 Å². The van der Waals surface area contributed by atoms with Crippen molar-refractivity contribution in [3.8, 4) is 6.07 Å². The monoisotopic (exact) mass is 146 g/mol. The second-order valence-electron chi connectivity index (χ2n) is 1.84. The van der Waals surface area contributed by atoms with Gasteiger partial charge in [0.25, 0.3) is 0 Å². The lowest BCUT2D eigenvalue weighted by Gasteiger charge is -1.95. The van der Waals surface area contributed by atoms with Crippen molar-refractivity contribution in [2.24, 2.45) is 0 Å². The molecular formula is C7H6N4. The van der Waals surface area contributed by atoms with E-state index in [1.54, 1.807) is 0 Å². The van der Waals surface area contributed by atoms with Gasteiger partial charge in [-0.1, -0.05) is 6.58 Å². The van der Waals surface area contributed by atoms with Crippen molar-refractivity contribution in [2.75, 3.05) is 5.73 Å². The van der Waals surface area contributed by atoms with Crippen molar-refractivity contribution in [3.63, 3.8) is 0 Å². The molecule has 0 aliphatic rings. The van der Waals surface area contributed by atoms with Crippen molar-refractivity contribution in [3.05, 3.63) is 24.2 Å². The second kappa shape index (κ2) is 2.80. The molecule has 1 rings (SSSR count). The lowest BCUT2D eigenvalue weighted by atomic mass is 10.3. The molecule has 0 fully saturated rings. The lowest BCUT2D eigenvalue weighted by Crippen LogP contribution is -1.98. The van der Waals surface area contributed by atoms with E-state index in [1.165, 1.54) is 12.3 Å². The molecule has 0 aromatic carbocycles. The van der Waals surface area contributed by atoms with Gasteiger partial charge in [0.05, 0.1) is 6.20 Å². The van der Waals surface area contributed by atoms with Gasteiger partial charge in [0.1, 0.15) is 17.5 Å². The minimum Gasteiger partial charge on any atom is -0.382 e. The van der Waals surface area contributed by atoms with Crippen LogP contribution in [0.3, 0.4) is 0 Å². The number of hydrogen-bond acceptors (Lipinski definition) is 4. The molecule has 2 N–H and O–H groups in total. The van der Waals surface area contributed by atoms with Crippen LogP contribution in [-0.4, -0.2) is 9.97 Å². The fraction of sp³-hybridized carbons (Fsp3) is 0. The molecule has 0 atom stereocenters. The van der Waals surface area contributed by atoms with Crippen molar-refractivity contribution < 1.29 is 0 Å². The summed E-state index contributed by atoms with van der Waals surface area (Å²) in [6.45, 7) is 3.46. The molecule has 54 valence electrons. The van der Waals surface area contributed by atoms with Gasteiger partial charge in [0.2, 0.25) is 0 Å². The molecule has 0 aliphatic heterocycles. The van der Waals surface area contributed by atoms with Gasteiger partial charge in [-0.2, -0.15) is 5.26 Å². The molecular weight excluding hydrogens is 140 g/mol. The molecule has 0 radical (unpaired) electrons. The average molecular weight is 146 g/mol. The number of nitrogens with zero attached hydrogens (tertiary/aromatic N) is 3. The van der Waals surface area contributed by atoms with Gasteiger partial charge in [0, 0.05) is 0 Å². The molecule has 11 heavy (non-hydrogen) atoms. The first-order valence-electron chi connectivity index (χ1n) is 2.93. The quantitative estimate of drug-likeness (QED) is 0.628. The average Bonchev–Trinajstić information content (AvgIpc) is 2.04. The normalized spacial score (nSPS) is 8.64. The van der Waals surface area contributed by atoms with Crippen LogP contribution in [0.2, 0.25) is 0 Å². The molecule has 0 spiro atoms. The number of nitriles is 1. The molecule has 0 saturated carbocycles. The summed E-state index contributed by atoms with van der Waals surface area (Å²) in [7, 11) is 0. The first-order valence-corrected chi connectivity index (χ1v) is 2.93. The zero-order valence-corrected chi connectivity index (χ0v) is 5.78. The van der Waals surface area contributed by atoms with Crippen LogP contribution in [0.5, 0.6) is 0 Å². The summed E-state index contributed by atoms with van der Waals surface area (Å²) in [5.41, 5.74) is 5.67. The Hall–Kier alpha value is -1.89. The Bertz CT molecular complexity index is 324. The minimum atomic E-state index is 0.192. The third-order valence-electron chi connectivity index (χ3n) is 1.14. The summed E-state index contributed by atoms with van der Waals surface area (Å²) >= 11 is 0. The van der Waals surface area contributed by atoms with Crippen LogP contribution in [0.1, 0.15) is 11.4 Å². The summed E-state index contributed by atoms with van der Waals surface area (Å²) < 4.78 is 0. The number of rotatable bonds is 1. The third kappa shape index (κ3) is 1.33. The molecule has 1 aromatic heterocycles. The van der Waals surface area contributed by atoms with Crippen molar-refractivity contribution >= 4 is 11.9 Å². The summed E-state index contributed by atoms with van der Waals surface area (Å²) in [5.74, 6) is 0.624. The molecule has 1 heterocycles. The Morgan fingerprint density at radius 2 is 2.45 bits per heavy atom. The Morgan fingerprint density at radius 3 is 2.91 bits per heavy atom. The molecule has 0 amide bonds. The second-order valence-corrected chi connectivity index (χ2v) is 1.84. The Kier molecular flexibility index (Phi) is 1.83. The number of nitrogens with two attached hydrogens (primary N) is 1. The molecule has 0 saturated heterocycles. The lowest BCUT2D eigenvalue weighted by molar-refractivity contribution is 1.13. The van der Waals surface area contributed by atoms with Crippen molar-refractivity contribution in [1.82, 2.24) is 9.97 Å². The fourth-order valence-electron chi connectivity index (χ4n) is 0.594. The van der Waals surface area contributed by atoms with Crippen LogP contribution >= 0.6 is 0 Å². The van der Waals surface area contributed by atoms with E-state index in [9.17, 15) is 0 Å². The highest BCUT2D eigenvalue weighted by molar-refractivity contribution is 5.49. The molecule has 4 nitrogen and oxygen atoms in total. The third-order valence-corrected chi connectivity index (χ3v) is 1.14. The number of hydrogen-bond donors (Lipinski definition) is 1. The standard InChI is InChI=1S/C7H6N4/c1-2-6-10-4-5(3-8)7(9)11-6/h2,4H,1H2,(H2,9,10,11). The van der Waals surface area contributed by atoms with E-state index in [1.807, 2.05) is 6.07 Å². The minimum absolute atomic E-state index is 0.192. The van der Waals surface area contributed by atoms with E-state index in [2.05, 4.69) is 16.5 Å². The fourth-order valence-corrected chi connectivity index (χ4v) is 0.594.